The van der Waals surface area contributed by atoms with Crippen molar-refractivity contribution in [3.63, 3.8) is 0 Å². The van der Waals surface area contributed by atoms with Crippen LogP contribution in [0.3, 0.4) is 0 Å². The largest absolute Gasteiger partial charge is 0.454 e. The van der Waals surface area contributed by atoms with Crippen LogP contribution < -0.4 is 25.9 Å². The number of aromatic amines is 1. The average molecular weight is 378 g/mol. The lowest BCUT2D eigenvalue weighted by Crippen LogP contribution is -2.41. The number of ether oxygens (including phenoxy) is 2. The number of carbonyl (C=O) groups excluding carboxylic acids is 2. The summed E-state index contributed by atoms with van der Waals surface area (Å²) in [5, 5.41) is 6.74. The van der Waals surface area contributed by atoms with Crippen LogP contribution in [0, 0.1) is 0 Å². The SMILES string of the molecule is O=C(/C=C/c1ccc2c(c1)OCO2)NNC(=O)c1n[nH]c(=O)c2ccccc12. The minimum Gasteiger partial charge on any atom is -0.454 e. The highest BCUT2D eigenvalue weighted by molar-refractivity contribution is 6.05. The summed E-state index contributed by atoms with van der Waals surface area (Å²) < 4.78 is 10.5. The zero-order valence-corrected chi connectivity index (χ0v) is 14.4. The number of carbonyl (C=O) groups is 2. The second-order valence-electron chi connectivity index (χ2n) is 5.84. The van der Waals surface area contributed by atoms with Crippen molar-refractivity contribution in [3.8, 4) is 11.5 Å². The number of hydrogen-bond acceptors (Lipinski definition) is 6. The fraction of sp³-hybridized carbons (Fsp3) is 0.0526. The third kappa shape index (κ3) is 3.40. The summed E-state index contributed by atoms with van der Waals surface area (Å²) in [6.45, 7) is 0.169. The van der Waals surface area contributed by atoms with Crippen LogP contribution in [0.15, 0.2) is 53.3 Å². The minimum atomic E-state index is -0.655. The number of benzene rings is 2. The highest BCUT2D eigenvalue weighted by Gasteiger charge is 2.14. The first-order chi connectivity index (χ1) is 13.6. The number of aromatic nitrogens is 2. The van der Waals surface area contributed by atoms with Crippen molar-refractivity contribution < 1.29 is 19.1 Å². The van der Waals surface area contributed by atoms with Gasteiger partial charge in [-0.25, -0.2) is 5.10 Å². The van der Waals surface area contributed by atoms with E-state index in [4.69, 9.17) is 9.47 Å². The number of hydrogen-bond donors (Lipinski definition) is 3. The summed E-state index contributed by atoms with van der Waals surface area (Å²) in [6.07, 6.45) is 2.83. The molecule has 3 aromatic rings. The van der Waals surface area contributed by atoms with E-state index >= 15 is 0 Å². The molecule has 3 N–H and O–H groups in total. The molecule has 0 fully saturated rings. The molecular weight excluding hydrogens is 364 g/mol. The van der Waals surface area contributed by atoms with E-state index < -0.39 is 17.4 Å². The predicted molar refractivity (Wildman–Crippen MR) is 99.6 cm³/mol. The summed E-state index contributed by atoms with van der Waals surface area (Å²) in [5.41, 5.74) is 4.87. The molecule has 9 nitrogen and oxygen atoms in total. The minimum absolute atomic E-state index is 0.00440. The van der Waals surface area contributed by atoms with Crippen LogP contribution >= 0.6 is 0 Å². The van der Waals surface area contributed by atoms with Crippen LogP contribution in [0.1, 0.15) is 16.1 Å². The van der Waals surface area contributed by atoms with E-state index in [0.29, 0.717) is 22.3 Å². The Kier molecular flexibility index (Phi) is 4.47. The number of amides is 2. The molecule has 1 aliphatic rings. The molecule has 0 aliphatic carbocycles. The molecule has 2 aromatic carbocycles. The van der Waals surface area contributed by atoms with Crippen LogP contribution in [0.2, 0.25) is 0 Å². The first kappa shape index (κ1) is 17.3. The Labute approximate surface area is 157 Å². The van der Waals surface area contributed by atoms with Gasteiger partial charge < -0.3 is 9.47 Å². The molecule has 0 radical (unpaired) electrons. The first-order valence-electron chi connectivity index (χ1n) is 8.27. The molecule has 2 heterocycles. The van der Waals surface area contributed by atoms with Gasteiger partial charge in [-0.3, -0.25) is 25.2 Å². The maximum absolute atomic E-state index is 12.3. The third-order valence-corrected chi connectivity index (χ3v) is 4.03. The molecule has 140 valence electrons. The second kappa shape index (κ2) is 7.23. The summed E-state index contributed by atoms with van der Waals surface area (Å²) in [7, 11) is 0. The van der Waals surface area contributed by atoms with Gasteiger partial charge in [0.2, 0.25) is 6.79 Å². The van der Waals surface area contributed by atoms with Crippen molar-refractivity contribution >= 4 is 28.7 Å². The van der Waals surface area contributed by atoms with Gasteiger partial charge in [-0.05, 0) is 29.8 Å². The number of H-pyrrole nitrogens is 1. The second-order valence-corrected chi connectivity index (χ2v) is 5.84. The lowest BCUT2D eigenvalue weighted by atomic mass is 10.1. The van der Waals surface area contributed by atoms with E-state index in [1.54, 1.807) is 48.5 Å². The van der Waals surface area contributed by atoms with Crippen LogP contribution in [-0.2, 0) is 4.79 Å². The molecule has 1 aromatic heterocycles. The monoisotopic (exact) mass is 378 g/mol. The molecular formula is C19H14N4O5. The van der Waals surface area contributed by atoms with E-state index in [-0.39, 0.29) is 12.5 Å². The highest BCUT2D eigenvalue weighted by Crippen LogP contribution is 2.32. The molecule has 9 heteroatoms. The number of nitrogens with one attached hydrogen (secondary N) is 3. The zero-order valence-electron chi connectivity index (χ0n) is 14.4. The molecule has 0 spiro atoms. The highest BCUT2D eigenvalue weighted by atomic mass is 16.7. The van der Waals surface area contributed by atoms with Crippen molar-refractivity contribution in [1.82, 2.24) is 21.0 Å². The van der Waals surface area contributed by atoms with Gasteiger partial charge in [-0.1, -0.05) is 24.3 Å². The molecule has 0 atom stereocenters. The van der Waals surface area contributed by atoms with Gasteiger partial charge in [0.05, 0.1) is 5.39 Å². The fourth-order valence-electron chi connectivity index (χ4n) is 2.70. The van der Waals surface area contributed by atoms with Crippen molar-refractivity contribution in [1.29, 1.82) is 0 Å². The summed E-state index contributed by atoms with van der Waals surface area (Å²) in [6, 6.07) is 11.8. The van der Waals surface area contributed by atoms with E-state index in [0.717, 1.165) is 5.56 Å². The summed E-state index contributed by atoms with van der Waals surface area (Å²) in [4.78, 5) is 36.0. The van der Waals surface area contributed by atoms with E-state index in [9.17, 15) is 14.4 Å². The quantitative estimate of drug-likeness (QED) is 0.464. The lowest BCUT2D eigenvalue weighted by molar-refractivity contribution is -0.117. The summed E-state index contributed by atoms with van der Waals surface area (Å²) >= 11 is 0. The van der Waals surface area contributed by atoms with Crippen molar-refractivity contribution in [3.05, 3.63) is 70.2 Å². The smallest absolute Gasteiger partial charge is 0.290 e. The molecule has 2 amide bonds. The van der Waals surface area contributed by atoms with Crippen molar-refractivity contribution in [2.75, 3.05) is 6.79 Å². The van der Waals surface area contributed by atoms with Crippen LogP contribution in [0.5, 0.6) is 11.5 Å². The van der Waals surface area contributed by atoms with E-state index in [1.165, 1.54) is 6.08 Å². The average Bonchev–Trinajstić information content (AvgIpc) is 3.19. The molecule has 4 rings (SSSR count). The lowest BCUT2D eigenvalue weighted by Gasteiger charge is -2.06. The molecule has 0 unspecified atom stereocenters. The maximum Gasteiger partial charge on any atom is 0.290 e. The number of hydrazine groups is 1. The predicted octanol–water partition coefficient (Wildman–Crippen LogP) is 1.13. The normalized spacial score (nSPS) is 12.3. The maximum atomic E-state index is 12.3. The van der Waals surface area contributed by atoms with Gasteiger partial charge in [-0.15, -0.1) is 0 Å². The molecule has 0 saturated carbocycles. The topological polar surface area (TPSA) is 122 Å². The zero-order chi connectivity index (χ0) is 19.5. The van der Waals surface area contributed by atoms with Crippen LogP contribution in [0.4, 0.5) is 0 Å². The van der Waals surface area contributed by atoms with Gasteiger partial charge in [0.1, 0.15) is 0 Å². The number of rotatable bonds is 3. The van der Waals surface area contributed by atoms with Gasteiger partial charge >= 0.3 is 0 Å². The van der Waals surface area contributed by atoms with Crippen LogP contribution in [0.25, 0.3) is 16.8 Å². The van der Waals surface area contributed by atoms with Crippen molar-refractivity contribution in [2.45, 2.75) is 0 Å². The van der Waals surface area contributed by atoms with Crippen molar-refractivity contribution in [2.24, 2.45) is 0 Å². The summed E-state index contributed by atoms with van der Waals surface area (Å²) in [5.74, 6) is 0.0541. The molecule has 0 saturated heterocycles. The Morgan fingerprint density at radius 1 is 1.04 bits per heavy atom. The first-order valence-corrected chi connectivity index (χ1v) is 8.27. The molecule has 28 heavy (non-hydrogen) atoms. The van der Waals surface area contributed by atoms with Gasteiger partial charge in [0.15, 0.2) is 17.2 Å². The van der Waals surface area contributed by atoms with E-state index in [1.807, 2.05) is 0 Å². The Morgan fingerprint density at radius 3 is 2.68 bits per heavy atom. The van der Waals surface area contributed by atoms with E-state index in [2.05, 4.69) is 21.0 Å². The fourth-order valence-corrected chi connectivity index (χ4v) is 2.70. The van der Waals surface area contributed by atoms with Gasteiger partial charge in [-0.2, -0.15) is 5.10 Å². The Morgan fingerprint density at radius 2 is 1.82 bits per heavy atom. The third-order valence-electron chi connectivity index (χ3n) is 4.03. The van der Waals surface area contributed by atoms with Crippen LogP contribution in [-0.4, -0.2) is 28.8 Å². The molecule has 0 bridgehead atoms. The Bertz CT molecular complexity index is 1170. The Hall–Kier alpha value is -4.14. The van der Waals surface area contributed by atoms with Gasteiger partial charge in [0, 0.05) is 11.5 Å². The standard InChI is InChI=1S/C19H14N4O5/c24-16(8-6-11-5-7-14-15(9-11)28-10-27-14)20-23-19(26)17-12-3-1-2-4-13(12)18(25)22-21-17/h1-9H,10H2,(H,20,24)(H,22,25)(H,23,26)/b8-6+. The molecule has 1 aliphatic heterocycles. The number of fused-ring (bicyclic) bond motifs is 2. The Balaban J connectivity index is 1.42. The number of nitrogens with zero attached hydrogens (tertiary/aromatic N) is 1. The van der Waals surface area contributed by atoms with Gasteiger partial charge in [0.25, 0.3) is 17.4 Å².